The summed E-state index contributed by atoms with van der Waals surface area (Å²) >= 11 is 0. The molecule has 0 aliphatic carbocycles. The SMILES string of the molecule is CC(C)N1CCC(O)(c2ccc3c(c2)OCCCO3)CC1. The van der Waals surface area contributed by atoms with Crippen LogP contribution in [0.3, 0.4) is 0 Å². The lowest BCUT2D eigenvalue weighted by Gasteiger charge is -2.40. The van der Waals surface area contributed by atoms with Crippen LogP contribution in [0.4, 0.5) is 0 Å². The monoisotopic (exact) mass is 291 g/mol. The van der Waals surface area contributed by atoms with Crippen LogP contribution in [-0.2, 0) is 5.60 Å². The summed E-state index contributed by atoms with van der Waals surface area (Å²) < 4.78 is 11.4. The quantitative estimate of drug-likeness (QED) is 0.909. The number of rotatable bonds is 2. The number of hydrogen-bond acceptors (Lipinski definition) is 4. The lowest BCUT2D eigenvalue weighted by molar-refractivity contribution is -0.0325. The molecular weight excluding hydrogens is 266 g/mol. The first-order valence-electron chi connectivity index (χ1n) is 7.95. The molecular formula is C17H25NO3. The molecule has 0 aromatic heterocycles. The van der Waals surface area contributed by atoms with E-state index < -0.39 is 5.60 Å². The maximum atomic E-state index is 11.0. The molecule has 1 N–H and O–H groups in total. The summed E-state index contributed by atoms with van der Waals surface area (Å²) in [6.45, 7) is 7.65. The van der Waals surface area contributed by atoms with Gasteiger partial charge in [0.25, 0.3) is 0 Å². The minimum atomic E-state index is -0.740. The van der Waals surface area contributed by atoms with Gasteiger partial charge in [-0.05, 0) is 44.4 Å². The van der Waals surface area contributed by atoms with E-state index in [9.17, 15) is 5.11 Å². The van der Waals surface area contributed by atoms with Crippen molar-refractivity contribution in [2.75, 3.05) is 26.3 Å². The molecule has 3 rings (SSSR count). The fraction of sp³-hybridized carbons (Fsp3) is 0.647. The molecule has 0 bridgehead atoms. The second-order valence-electron chi connectivity index (χ2n) is 6.37. The van der Waals surface area contributed by atoms with Gasteiger partial charge in [-0.15, -0.1) is 0 Å². The molecule has 21 heavy (non-hydrogen) atoms. The first-order valence-corrected chi connectivity index (χ1v) is 7.95. The molecule has 1 fully saturated rings. The largest absolute Gasteiger partial charge is 0.490 e. The number of benzene rings is 1. The van der Waals surface area contributed by atoms with E-state index in [1.165, 1.54) is 0 Å². The average molecular weight is 291 g/mol. The van der Waals surface area contributed by atoms with Crippen molar-refractivity contribution in [1.82, 2.24) is 4.90 Å². The first kappa shape index (κ1) is 14.7. The number of piperidine rings is 1. The predicted molar refractivity (Wildman–Crippen MR) is 81.9 cm³/mol. The summed E-state index contributed by atoms with van der Waals surface area (Å²) in [5, 5.41) is 11.0. The van der Waals surface area contributed by atoms with E-state index in [4.69, 9.17) is 9.47 Å². The van der Waals surface area contributed by atoms with Crippen molar-refractivity contribution < 1.29 is 14.6 Å². The van der Waals surface area contributed by atoms with Gasteiger partial charge in [-0.1, -0.05) is 6.07 Å². The maximum absolute atomic E-state index is 11.0. The van der Waals surface area contributed by atoms with E-state index in [1.54, 1.807) is 0 Å². The molecule has 2 aliphatic rings. The van der Waals surface area contributed by atoms with Crippen LogP contribution in [0.5, 0.6) is 11.5 Å². The highest BCUT2D eigenvalue weighted by Crippen LogP contribution is 2.38. The summed E-state index contributed by atoms with van der Waals surface area (Å²) in [7, 11) is 0. The summed E-state index contributed by atoms with van der Waals surface area (Å²) in [5.74, 6) is 1.56. The van der Waals surface area contributed by atoms with E-state index in [0.29, 0.717) is 19.3 Å². The Labute approximate surface area is 126 Å². The molecule has 2 aliphatic heterocycles. The molecule has 1 aromatic rings. The van der Waals surface area contributed by atoms with Crippen molar-refractivity contribution in [3.8, 4) is 11.5 Å². The molecule has 1 aromatic carbocycles. The van der Waals surface area contributed by atoms with Crippen molar-refractivity contribution in [2.45, 2.75) is 44.8 Å². The van der Waals surface area contributed by atoms with Gasteiger partial charge in [0.2, 0.25) is 0 Å². The minimum Gasteiger partial charge on any atom is -0.490 e. The van der Waals surface area contributed by atoms with Crippen LogP contribution in [-0.4, -0.2) is 42.4 Å². The van der Waals surface area contributed by atoms with Gasteiger partial charge in [-0.3, -0.25) is 0 Å². The Morgan fingerprint density at radius 3 is 2.43 bits per heavy atom. The molecule has 4 nitrogen and oxygen atoms in total. The second kappa shape index (κ2) is 5.85. The van der Waals surface area contributed by atoms with Crippen LogP contribution < -0.4 is 9.47 Å². The highest BCUT2D eigenvalue weighted by atomic mass is 16.5. The number of fused-ring (bicyclic) bond motifs is 1. The Hall–Kier alpha value is -1.26. The van der Waals surface area contributed by atoms with E-state index in [-0.39, 0.29) is 0 Å². The smallest absolute Gasteiger partial charge is 0.161 e. The van der Waals surface area contributed by atoms with Crippen molar-refractivity contribution in [3.63, 3.8) is 0 Å². The molecule has 0 radical (unpaired) electrons. The Kier molecular flexibility index (Phi) is 4.09. The predicted octanol–water partition coefficient (Wildman–Crippen LogP) is 2.54. The lowest BCUT2D eigenvalue weighted by Crippen LogP contribution is -2.45. The van der Waals surface area contributed by atoms with Crippen LogP contribution in [0, 0.1) is 0 Å². The van der Waals surface area contributed by atoms with Crippen LogP contribution in [0.1, 0.15) is 38.7 Å². The van der Waals surface area contributed by atoms with Gasteiger partial charge in [0.15, 0.2) is 11.5 Å². The van der Waals surface area contributed by atoms with Crippen molar-refractivity contribution in [1.29, 1.82) is 0 Å². The maximum Gasteiger partial charge on any atom is 0.161 e. The molecule has 0 spiro atoms. The van der Waals surface area contributed by atoms with Gasteiger partial charge in [0.1, 0.15) is 0 Å². The standard InChI is InChI=1S/C17H25NO3/c1-13(2)18-8-6-17(19,7-9-18)14-4-5-15-16(12-14)21-11-3-10-20-15/h4-5,12-13,19H,3,6-11H2,1-2H3. The van der Waals surface area contributed by atoms with E-state index in [1.807, 2.05) is 18.2 Å². The molecule has 0 atom stereocenters. The van der Waals surface area contributed by atoms with Crippen molar-refractivity contribution >= 4 is 0 Å². The van der Waals surface area contributed by atoms with Gasteiger partial charge in [-0.2, -0.15) is 0 Å². The van der Waals surface area contributed by atoms with Crippen LogP contribution in [0.2, 0.25) is 0 Å². The summed E-state index contributed by atoms with van der Waals surface area (Å²) in [6.07, 6.45) is 2.44. The van der Waals surface area contributed by atoms with Crippen LogP contribution >= 0.6 is 0 Å². The second-order valence-corrected chi connectivity index (χ2v) is 6.37. The third-order valence-electron chi connectivity index (χ3n) is 4.64. The topological polar surface area (TPSA) is 41.9 Å². The Morgan fingerprint density at radius 1 is 1.10 bits per heavy atom. The molecule has 116 valence electrons. The van der Waals surface area contributed by atoms with E-state index in [2.05, 4.69) is 18.7 Å². The summed E-state index contributed by atoms with van der Waals surface area (Å²) in [6, 6.07) is 6.42. The van der Waals surface area contributed by atoms with Gasteiger partial charge >= 0.3 is 0 Å². The zero-order chi connectivity index (χ0) is 14.9. The highest BCUT2D eigenvalue weighted by molar-refractivity contribution is 5.45. The number of aliphatic hydroxyl groups is 1. The first-order chi connectivity index (χ1) is 10.1. The average Bonchev–Trinajstić information content (AvgIpc) is 2.72. The fourth-order valence-corrected chi connectivity index (χ4v) is 3.15. The third kappa shape index (κ3) is 3.01. The lowest BCUT2D eigenvalue weighted by atomic mass is 9.84. The fourth-order valence-electron chi connectivity index (χ4n) is 3.15. The Morgan fingerprint density at radius 2 is 1.76 bits per heavy atom. The van der Waals surface area contributed by atoms with Gasteiger partial charge in [0, 0.05) is 25.6 Å². The highest BCUT2D eigenvalue weighted by Gasteiger charge is 2.35. The van der Waals surface area contributed by atoms with Crippen molar-refractivity contribution in [2.24, 2.45) is 0 Å². The van der Waals surface area contributed by atoms with Gasteiger partial charge in [-0.25, -0.2) is 0 Å². The molecule has 0 amide bonds. The molecule has 1 saturated heterocycles. The molecule has 0 unspecified atom stereocenters. The van der Waals surface area contributed by atoms with E-state index >= 15 is 0 Å². The number of nitrogens with zero attached hydrogens (tertiary/aromatic N) is 1. The third-order valence-corrected chi connectivity index (χ3v) is 4.64. The zero-order valence-electron chi connectivity index (χ0n) is 13.0. The summed E-state index contributed by atoms with van der Waals surface area (Å²) in [4.78, 5) is 2.41. The van der Waals surface area contributed by atoms with Gasteiger partial charge in [0.05, 0.1) is 18.8 Å². The normalized spacial score (nSPS) is 22.1. The summed E-state index contributed by atoms with van der Waals surface area (Å²) in [5.41, 5.74) is 0.214. The Balaban J connectivity index is 1.79. The molecule has 4 heteroatoms. The molecule has 0 saturated carbocycles. The van der Waals surface area contributed by atoms with E-state index in [0.717, 1.165) is 49.4 Å². The zero-order valence-corrected chi connectivity index (χ0v) is 13.0. The van der Waals surface area contributed by atoms with Crippen molar-refractivity contribution in [3.05, 3.63) is 23.8 Å². The minimum absolute atomic E-state index is 0.540. The Bertz CT molecular complexity index is 493. The number of ether oxygens (including phenoxy) is 2. The van der Waals surface area contributed by atoms with Gasteiger partial charge < -0.3 is 19.5 Å². The molecule has 2 heterocycles. The number of hydrogen-bond donors (Lipinski definition) is 1. The number of likely N-dealkylation sites (tertiary alicyclic amines) is 1. The van der Waals surface area contributed by atoms with Crippen LogP contribution in [0.25, 0.3) is 0 Å². The van der Waals surface area contributed by atoms with Crippen LogP contribution in [0.15, 0.2) is 18.2 Å².